The lowest BCUT2D eigenvalue weighted by Gasteiger charge is -2.34. The summed E-state index contributed by atoms with van der Waals surface area (Å²) < 4.78 is 0. The minimum Gasteiger partial charge on any atom is -0.296 e. The minimum atomic E-state index is -0.255. The van der Waals surface area contributed by atoms with E-state index in [4.69, 9.17) is 15.0 Å². The average molecular weight is 766 g/mol. The van der Waals surface area contributed by atoms with E-state index in [-0.39, 0.29) is 21.7 Å². The molecule has 0 atom stereocenters. The molecule has 3 rings (SSSR count). The summed E-state index contributed by atoms with van der Waals surface area (Å²) in [6.45, 7) is 36.5. The van der Waals surface area contributed by atoms with Gasteiger partial charge in [0.25, 0.3) is 0 Å². The number of pyridine rings is 3. The van der Waals surface area contributed by atoms with Crippen LogP contribution in [0.4, 0.5) is 0 Å². The second-order valence-electron chi connectivity index (χ2n) is 19.1. The smallest absolute Gasteiger partial charge is 0.0544 e. The van der Waals surface area contributed by atoms with Crippen LogP contribution in [0.2, 0.25) is 0 Å². The molecule has 9 heteroatoms. The number of hydrogen-bond donors (Lipinski definition) is 0. The normalized spacial score (nSPS) is 14.6. The van der Waals surface area contributed by atoms with Crippen molar-refractivity contribution in [1.82, 2.24) is 29.7 Å². The van der Waals surface area contributed by atoms with Crippen molar-refractivity contribution in [1.29, 1.82) is 0 Å². The third kappa shape index (κ3) is 17.6. The highest BCUT2D eigenvalue weighted by Gasteiger charge is 2.28. The van der Waals surface area contributed by atoms with Crippen LogP contribution in [-0.4, -0.2) is 106 Å². The van der Waals surface area contributed by atoms with Crippen LogP contribution < -0.4 is 0 Å². The van der Waals surface area contributed by atoms with E-state index < -0.39 is 0 Å². The maximum atomic E-state index is 5.16. The Hall–Kier alpha value is -3.66. The highest BCUT2D eigenvalue weighted by Crippen LogP contribution is 2.25. The summed E-state index contributed by atoms with van der Waals surface area (Å²) in [6, 6.07) is 19.6. The molecule has 3 aromatic rings. The molecule has 0 aliphatic rings. The van der Waals surface area contributed by atoms with Crippen molar-refractivity contribution in [3.8, 4) is 0 Å². The van der Waals surface area contributed by atoms with Gasteiger partial charge in [-0.1, -0.05) is 66.7 Å². The molecule has 0 saturated carbocycles. The van der Waals surface area contributed by atoms with Gasteiger partial charge in [0.1, 0.15) is 0 Å². The Morgan fingerprint density at radius 2 is 0.732 bits per heavy atom. The van der Waals surface area contributed by atoms with Crippen LogP contribution in [0, 0.1) is 21.7 Å². The van der Waals surface area contributed by atoms with Crippen LogP contribution in [0.15, 0.2) is 88.2 Å². The van der Waals surface area contributed by atoms with Gasteiger partial charge in [0.05, 0.1) is 17.1 Å². The van der Waals surface area contributed by atoms with Crippen molar-refractivity contribution in [2.24, 2.45) is 36.6 Å². The first-order valence-electron chi connectivity index (χ1n) is 20.7. The second kappa shape index (κ2) is 21.8. The first-order valence-corrected chi connectivity index (χ1v) is 20.7. The van der Waals surface area contributed by atoms with Crippen LogP contribution in [0.25, 0.3) is 0 Å². The van der Waals surface area contributed by atoms with E-state index in [9.17, 15) is 0 Å². The van der Waals surface area contributed by atoms with Crippen LogP contribution in [-0.2, 0) is 19.6 Å². The molecule has 3 heterocycles. The summed E-state index contributed by atoms with van der Waals surface area (Å²) in [4.78, 5) is 36.7. The van der Waals surface area contributed by atoms with Crippen molar-refractivity contribution < 1.29 is 0 Å². The van der Waals surface area contributed by atoms with Gasteiger partial charge < -0.3 is 0 Å². The molecule has 0 bridgehead atoms. The van der Waals surface area contributed by atoms with E-state index in [1.807, 2.05) is 36.8 Å². The SMILES string of the molecule is CC(C)N(Cc1ccccn1)CC(C)(C)C=NCC(C)(CN=CC(C)(C)CN(Cc1ccccn1)C(C)C)CN=CC(C)(C)CN(Cc1ccccn1)C(C)C. The molecule has 0 aliphatic carbocycles. The van der Waals surface area contributed by atoms with E-state index in [0.717, 1.165) is 56.4 Å². The summed E-state index contributed by atoms with van der Waals surface area (Å²) in [6.07, 6.45) is 12.1. The first-order chi connectivity index (χ1) is 26.3. The van der Waals surface area contributed by atoms with Crippen molar-refractivity contribution in [3.05, 3.63) is 90.3 Å². The molecular formula is C47H75N9. The topological polar surface area (TPSA) is 85.5 Å². The number of aromatic nitrogens is 3. The molecule has 0 amide bonds. The summed E-state index contributed by atoms with van der Waals surface area (Å²) in [5.41, 5.74) is 2.63. The second-order valence-corrected chi connectivity index (χ2v) is 19.1. The van der Waals surface area contributed by atoms with Gasteiger partial charge in [-0.05, 0) is 77.9 Å². The Kier molecular flexibility index (Phi) is 18.1. The fourth-order valence-corrected chi connectivity index (χ4v) is 6.74. The third-order valence-electron chi connectivity index (χ3n) is 10.0. The largest absolute Gasteiger partial charge is 0.296 e. The van der Waals surface area contributed by atoms with Gasteiger partial charge in [-0.2, -0.15) is 0 Å². The summed E-state index contributed by atoms with van der Waals surface area (Å²) in [7, 11) is 0. The molecule has 308 valence electrons. The lowest BCUT2D eigenvalue weighted by molar-refractivity contribution is 0.169. The zero-order valence-corrected chi connectivity index (χ0v) is 37.3. The fourth-order valence-electron chi connectivity index (χ4n) is 6.74. The zero-order valence-electron chi connectivity index (χ0n) is 37.3. The van der Waals surface area contributed by atoms with Crippen LogP contribution in [0.5, 0.6) is 0 Å². The van der Waals surface area contributed by atoms with Gasteiger partial charge in [-0.25, -0.2) is 0 Å². The maximum Gasteiger partial charge on any atom is 0.0544 e. The molecule has 0 aliphatic heterocycles. The highest BCUT2D eigenvalue weighted by atomic mass is 15.2. The molecular weight excluding hydrogens is 691 g/mol. The number of nitrogens with zero attached hydrogens (tertiary/aromatic N) is 9. The Bertz CT molecular complexity index is 1420. The van der Waals surface area contributed by atoms with Crippen molar-refractivity contribution in [3.63, 3.8) is 0 Å². The number of hydrogen-bond acceptors (Lipinski definition) is 9. The quantitative estimate of drug-likeness (QED) is 0.0846. The molecule has 0 aromatic carbocycles. The molecule has 3 aromatic heterocycles. The lowest BCUT2D eigenvalue weighted by Crippen LogP contribution is -2.40. The summed E-state index contributed by atoms with van der Waals surface area (Å²) in [5, 5.41) is 0. The predicted octanol–water partition coefficient (Wildman–Crippen LogP) is 9.20. The van der Waals surface area contributed by atoms with Gasteiger partial charge in [-0.3, -0.25) is 44.6 Å². The average Bonchev–Trinajstić information content (AvgIpc) is 3.11. The molecule has 0 unspecified atom stereocenters. The highest BCUT2D eigenvalue weighted by molar-refractivity contribution is 5.66. The fraction of sp³-hybridized carbons (Fsp3) is 0.617. The van der Waals surface area contributed by atoms with E-state index in [1.165, 1.54) is 0 Å². The molecule has 0 saturated heterocycles. The van der Waals surface area contributed by atoms with Crippen molar-refractivity contribution in [2.45, 2.75) is 128 Å². The Labute approximate surface area is 341 Å². The molecule has 0 N–H and O–H groups in total. The summed E-state index contributed by atoms with van der Waals surface area (Å²) >= 11 is 0. The minimum absolute atomic E-state index is 0.127. The molecule has 56 heavy (non-hydrogen) atoms. The lowest BCUT2D eigenvalue weighted by atomic mass is 9.88. The molecule has 0 spiro atoms. The van der Waals surface area contributed by atoms with Crippen LogP contribution >= 0.6 is 0 Å². The van der Waals surface area contributed by atoms with Crippen molar-refractivity contribution >= 4 is 18.6 Å². The van der Waals surface area contributed by atoms with Crippen LogP contribution in [0.3, 0.4) is 0 Å². The number of aliphatic imine (C=N–C) groups is 3. The molecule has 0 fully saturated rings. The van der Waals surface area contributed by atoms with Gasteiger partial charge >= 0.3 is 0 Å². The van der Waals surface area contributed by atoms with E-state index >= 15 is 0 Å². The maximum absolute atomic E-state index is 5.16. The van der Waals surface area contributed by atoms with E-state index in [0.29, 0.717) is 37.8 Å². The molecule has 0 radical (unpaired) electrons. The van der Waals surface area contributed by atoms with Gasteiger partial charge in [0.2, 0.25) is 0 Å². The summed E-state index contributed by atoms with van der Waals surface area (Å²) in [5.74, 6) is 0. The monoisotopic (exact) mass is 766 g/mol. The van der Waals surface area contributed by atoms with Gasteiger partial charge in [0, 0.05) is 136 Å². The van der Waals surface area contributed by atoms with Gasteiger partial charge in [-0.15, -0.1) is 0 Å². The third-order valence-corrected chi connectivity index (χ3v) is 10.0. The Morgan fingerprint density at radius 1 is 0.464 bits per heavy atom. The van der Waals surface area contributed by atoms with E-state index in [1.54, 1.807) is 0 Å². The Balaban J connectivity index is 1.78. The zero-order chi connectivity index (χ0) is 41.4. The van der Waals surface area contributed by atoms with E-state index in [2.05, 4.69) is 175 Å². The Morgan fingerprint density at radius 3 is 0.946 bits per heavy atom. The standard InChI is InChI=1S/C47H75N9/c1-38(2)54(26-41-20-14-17-23-51-41)35-44(7,8)29-48-32-47(13,33-49-30-45(9,10)36-55(39(3)4)27-42-21-15-18-24-52-42)34-50-31-46(11,12)37-56(40(5)6)28-43-22-16-19-25-53-43/h14-25,29-31,38-40H,26-28,32-37H2,1-13H3. The van der Waals surface area contributed by atoms with Crippen LogP contribution in [0.1, 0.15) is 107 Å². The number of rotatable bonds is 24. The van der Waals surface area contributed by atoms with Crippen molar-refractivity contribution in [2.75, 3.05) is 39.3 Å². The predicted molar refractivity (Wildman–Crippen MR) is 239 cm³/mol. The first kappa shape index (κ1) is 46.7. The molecule has 9 nitrogen and oxygen atoms in total. The van der Waals surface area contributed by atoms with Gasteiger partial charge in [0.15, 0.2) is 0 Å².